The van der Waals surface area contributed by atoms with Gasteiger partial charge in [0.25, 0.3) is 11.6 Å². The van der Waals surface area contributed by atoms with Crippen LogP contribution in [0, 0.1) is 36.3 Å². The highest BCUT2D eigenvalue weighted by Crippen LogP contribution is 2.29. The molecule has 2 heterocycles. The van der Waals surface area contributed by atoms with Gasteiger partial charge in [0, 0.05) is 22.2 Å². The summed E-state index contributed by atoms with van der Waals surface area (Å²) in [6.45, 7) is 4.35. The zero-order chi connectivity index (χ0) is 20.7. The molecule has 0 spiro atoms. The number of terminal acetylenes is 1. The van der Waals surface area contributed by atoms with Crippen molar-refractivity contribution in [3.05, 3.63) is 67.3 Å². The van der Waals surface area contributed by atoms with Gasteiger partial charge in [0.1, 0.15) is 0 Å². The highest BCUT2D eigenvalue weighted by molar-refractivity contribution is 7.21. The van der Waals surface area contributed by atoms with Gasteiger partial charge in [-0.3, -0.25) is 14.9 Å². The maximum absolute atomic E-state index is 12.8. The van der Waals surface area contributed by atoms with Crippen LogP contribution < -0.4 is 4.80 Å². The molecule has 4 rings (SSSR count). The molecule has 4 aromatic rings. The van der Waals surface area contributed by atoms with Gasteiger partial charge in [0.05, 0.1) is 26.6 Å². The van der Waals surface area contributed by atoms with Crippen molar-refractivity contribution < 1.29 is 9.72 Å². The second-order valence-electron chi connectivity index (χ2n) is 6.61. The number of nitro groups is 1. The molecule has 144 valence electrons. The van der Waals surface area contributed by atoms with E-state index >= 15 is 0 Å². The number of thiophene rings is 1. The maximum Gasteiger partial charge on any atom is 0.289 e. The predicted octanol–water partition coefficient (Wildman–Crippen LogP) is 4.82. The first-order valence-electron chi connectivity index (χ1n) is 8.68. The molecule has 0 saturated carbocycles. The zero-order valence-corrected chi connectivity index (χ0v) is 17.3. The van der Waals surface area contributed by atoms with E-state index in [2.05, 4.69) is 23.0 Å². The molecule has 0 radical (unpaired) electrons. The van der Waals surface area contributed by atoms with Crippen molar-refractivity contribution in [3.63, 3.8) is 0 Å². The van der Waals surface area contributed by atoms with Gasteiger partial charge in [-0.15, -0.1) is 17.8 Å². The van der Waals surface area contributed by atoms with Gasteiger partial charge in [-0.2, -0.15) is 4.99 Å². The van der Waals surface area contributed by atoms with Gasteiger partial charge in [0.15, 0.2) is 4.80 Å². The smallest absolute Gasteiger partial charge is 0.289 e. The van der Waals surface area contributed by atoms with E-state index in [9.17, 15) is 14.9 Å². The van der Waals surface area contributed by atoms with Crippen LogP contribution in [0.5, 0.6) is 0 Å². The second-order valence-corrected chi connectivity index (χ2v) is 8.70. The first kappa shape index (κ1) is 19.1. The molecule has 0 aliphatic carbocycles. The molecule has 0 saturated heterocycles. The van der Waals surface area contributed by atoms with E-state index in [0.717, 1.165) is 26.0 Å². The first-order valence-corrected chi connectivity index (χ1v) is 10.3. The fourth-order valence-electron chi connectivity index (χ4n) is 3.31. The normalized spacial score (nSPS) is 11.8. The number of carbonyl (C=O) groups excluding carboxylic acids is 1. The van der Waals surface area contributed by atoms with Crippen molar-refractivity contribution in [2.24, 2.45) is 4.99 Å². The van der Waals surface area contributed by atoms with E-state index in [1.807, 2.05) is 18.4 Å². The summed E-state index contributed by atoms with van der Waals surface area (Å²) in [5, 5.41) is 11.6. The lowest BCUT2D eigenvalue weighted by atomic mass is 10.1. The fourth-order valence-corrected chi connectivity index (χ4v) is 5.44. The lowest BCUT2D eigenvalue weighted by Gasteiger charge is -2.04. The van der Waals surface area contributed by atoms with Crippen LogP contribution in [-0.4, -0.2) is 15.4 Å². The number of aryl methyl sites for hydroxylation is 2. The third-order valence-electron chi connectivity index (χ3n) is 4.48. The third kappa shape index (κ3) is 3.46. The molecule has 8 heteroatoms. The molecule has 0 N–H and O–H groups in total. The van der Waals surface area contributed by atoms with Gasteiger partial charge in [-0.25, -0.2) is 0 Å². The number of amides is 1. The summed E-state index contributed by atoms with van der Waals surface area (Å²) < 4.78 is 3.70. The van der Waals surface area contributed by atoms with E-state index in [1.54, 1.807) is 12.1 Å². The van der Waals surface area contributed by atoms with Crippen LogP contribution in [0.1, 0.15) is 20.8 Å². The quantitative estimate of drug-likeness (QED) is 0.270. The summed E-state index contributed by atoms with van der Waals surface area (Å²) >= 11 is 2.69. The molecule has 2 aromatic heterocycles. The zero-order valence-electron chi connectivity index (χ0n) is 15.6. The van der Waals surface area contributed by atoms with E-state index in [-0.39, 0.29) is 11.6 Å². The third-order valence-corrected chi connectivity index (χ3v) is 6.61. The molecule has 0 atom stereocenters. The molecule has 0 aliphatic heterocycles. The number of nitro benzene ring substituents is 1. The van der Waals surface area contributed by atoms with Gasteiger partial charge >= 0.3 is 0 Å². The standard InChI is InChI=1S/C21H15N3O3S2/c1-4-7-23-19-13(3)8-12(2)9-17(19)29-21(23)22-20(25)18-11-14-10-15(24(26)27)5-6-16(14)28-18/h1,5-6,8-11H,7H2,2-3H3. The van der Waals surface area contributed by atoms with Gasteiger partial charge < -0.3 is 4.57 Å². The number of hydrogen-bond donors (Lipinski definition) is 0. The Balaban J connectivity index is 1.84. The van der Waals surface area contributed by atoms with Crippen LogP contribution in [0.3, 0.4) is 0 Å². The predicted molar refractivity (Wildman–Crippen MR) is 116 cm³/mol. The highest BCUT2D eigenvalue weighted by Gasteiger charge is 2.15. The number of thiazole rings is 1. The SMILES string of the molecule is C#CCn1c(=NC(=O)c2cc3cc([N+](=O)[O-])ccc3s2)sc2cc(C)cc(C)c21. The number of hydrogen-bond acceptors (Lipinski definition) is 5. The van der Waals surface area contributed by atoms with E-state index in [1.165, 1.54) is 34.8 Å². The Morgan fingerprint density at radius 3 is 2.72 bits per heavy atom. The average molecular weight is 422 g/mol. The summed E-state index contributed by atoms with van der Waals surface area (Å²) in [5.41, 5.74) is 3.19. The Morgan fingerprint density at radius 1 is 1.21 bits per heavy atom. The molecule has 0 aliphatic rings. The number of aromatic nitrogens is 1. The van der Waals surface area contributed by atoms with Gasteiger partial charge in [-0.1, -0.05) is 23.3 Å². The topological polar surface area (TPSA) is 77.5 Å². The summed E-state index contributed by atoms with van der Waals surface area (Å²) in [4.78, 5) is 28.7. The van der Waals surface area contributed by atoms with E-state index < -0.39 is 4.92 Å². The molecule has 6 nitrogen and oxygen atoms in total. The van der Waals surface area contributed by atoms with Crippen molar-refractivity contribution in [3.8, 4) is 12.3 Å². The monoisotopic (exact) mass is 421 g/mol. The van der Waals surface area contributed by atoms with Gasteiger partial charge in [0.2, 0.25) is 0 Å². The number of fused-ring (bicyclic) bond motifs is 2. The van der Waals surface area contributed by atoms with Crippen molar-refractivity contribution in [2.45, 2.75) is 20.4 Å². The molecule has 2 aromatic carbocycles. The first-order chi connectivity index (χ1) is 13.9. The Morgan fingerprint density at radius 2 is 2.00 bits per heavy atom. The maximum atomic E-state index is 12.8. The van der Waals surface area contributed by atoms with E-state index in [0.29, 0.717) is 21.6 Å². The molecular formula is C21H15N3O3S2. The van der Waals surface area contributed by atoms with Crippen LogP contribution in [0.15, 0.2) is 41.4 Å². The number of rotatable bonds is 3. The Kier molecular flexibility index (Phi) is 4.78. The number of benzene rings is 2. The highest BCUT2D eigenvalue weighted by atomic mass is 32.1. The van der Waals surface area contributed by atoms with Crippen LogP contribution in [-0.2, 0) is 6.54 Å². The van der Waals surface area contributed by atoms with Gasteiger partial charge in [-0.05, 0) is 43.2 Å². The number of non-ortho nitro benzene ring substituents is 1. The molecular weight excluding hydrogens is 406 g/mol. The molecule has 0 unspecified atom stereocenters. The summed E-state index contributed by atoms with van der Waals surface area (Å²) in [5.74, 6) is 2.24. The minimum atomic E-state index is -0.451. The summed E-state index contributed by atoms with van der Waals surface area (Å²) in [7, 11) is 0. The Labute approximate surface area is 173 Å². The van der Waals surface area contributed by atoms with Crippen LogP contribution in [0.25, 0.3) is 20.3 Å². The average Bonchev–Trinajstić information content (AvgIpc) is 3.23. The largest absolute Gasteiger partial charge is 0.304 e. The lowest BCUT2D eigenvalue weighted by Crippen LogP contribution is -2.16. The van der Waals surface area contributed by atoms with Crippen LogP contribution in [0.2, 0.25) is 0 Å². The Bertz CT molecular complexity index is 1420. The second kappa shape index (κ2) is 7.28. The lowest BCUT2D eigenvalue weighted by molar-refractivity contribution is -0.384. The number of nitrogens with zero attached hydrogens (tertiary/aromatic N) is 3. The van der Waals surface area contributed by atoms with E-state index in [4.69, 9.17) is 6.42 Å². The molecule has 0 bridgehead atoms. The Hall–Kier alpha value is -3.28. The van der Waals surface area contributed by atoms with Crippen molar-refractivity contribution in [2.75, 3.05) is 0 Å². The van der Waals surface area contributed by atoms with Crippen LogP contribution in [0.4, 0.5) is 5.69 Å². The summed E-state index contributed by atoms with van der Waals surface area (Å²) in [6.07, 6.45) is 5.55. The van der Waals surface area contributed by atoms with Crippen molar-refractivity contribution in [1.82, 2.24) is 4.57 Å². The molecule has 1 amide bonds. The minimum absolute atomic E-state index is 0.00606. The van der Waals surface area contributed by atoms with Crippen molar-refractivity contribution in [1.29, 1.82) is 0 Å². The molecule has 29 heavy (non-hydrogen) atoms. The summed E-state index contributed by atoms with van der Waals surface area (Å²) in [6, 6.07) is 10.3. The molecule has 0 fully saturated rings. The number of carbonyl (C=O) groups is 1. The van der Waals surface area contributed by atoms with Crippen LogP contribution >= 0.6 is 22.7 Å². The van der Waals surface area contributed by atoms with Crippen molar-refractivity contribution >= 4 is 54.6 Å². The fraction of sp³-hybridized carbons (Fsp3) is 0.143. The minimum Gasteiger partial charge on any atom is -0.304 e.